The van der Waals surface area contributed by atoms with Crippen LogP contribution in [0.5, 0.6) is 17.2 Å². The Labute approximate surface area is 196 Å². The van der Waals surface area contributed by atoms with E-state index in [4.69, 9.17) is 14.2 Å². The van der Waals surface area contributed by atoms with Crippen molar-refractivity contribution >= 4 is 17.4 Å². The first-order valence-corrected chi connectivity index (χ1v) is 10.8. The molecule has 0 radical (unpaired) electrons. The molecule has 1 fully saturated rings. The number of fused-ring (bicyclic) bond motifs is 1. The summed E-state index contributed by atoms with van der Waals surface area (Å²) in [7, 11) is 1.57. The third-order valence-corrected chi connectivity index (χ3v) is 6.09. The van der Waals surface area contributed by atoms with Gasteiger partial charge in [-0.3, -0.25) is 9.59 Å². The summed E-state index contributed by atoms with van der Waals surface area (Å²) in [6.07, 6.45) is 0. The molecule has 0 aromatic heterocycles. The molecule has 0 bridgehead atoms. The lowest BCUT2D eigenvalue weighted by molar-refractivity contribution is -0.140. The minimum absolute atomic E-state index is 0.0553. The SMILES string of the molecule is COc1ccc(C2/C(=C(\O)c3ccc(C)cc3)C(=O)C(=O)N2Cc2ccc3c(c2)OCO3)cc1. The molecule has 7 nitrogen and oxygen atoms in total. The zero-order valence-electron chi connectivity index (χ0n) is 18.8. The minimum atomic E-state index is -0.766. The Morgan fingerprint density at radius 1 is 1.00 bits per heavy atom. The number of hydrogen-bond acceptors (Lipinski definition) is 6. The van der Waals surface area contributed by atoms with Gasteiger partial charge in [0.05, 0.1) is 18.7 Å². The number of rotatable bonds is 5. The van der Waals surface area contributed by atoms with Crippen LogP contribution in [0.1, 0.15) is 28.3 Å². The second-order valence-electron chi connectivity index (χ2n) is 8.25. The van der Waals surface area contributed by atoms with E-state index >= 15 is 0 Å². The second-order valence-corrected chi connectivity index (χ2v) is 8.25. The van der Waals surface area contributed by atoms with E-state index in [1.54, 1.807) is 55.6 Å². The summed E-state index contributed by atoms with van der Waals surface area (Å²) >= 11 is 0. The van der Waals surface area contributed by atoms with Gasteiger partial charge in [-0.25, -0.2) is 0 Å². The molecule has 1 atom stereocenters. The molecule has 172 valence electrons. The number of nitrogens with zero attached hydrogens (tertiary/aromatic N) is 1. The first-order valence-electron chi connectivity index (χ1n) is 10.8. The van der Waals surface area contributed by atoms with E-state index < -0.39 is 17.7 Å². The average Bonchev–Trinajstić information content (AvgIpc) is 3.42. The predicted octanol–water partition coefficient (Wildman–Crippen LogP) is 4.35. The molecule has 1 N–H and O–H groups in total. The van der Waals surface area contributed by atoms with Gasteiger partial charge in [-0.15, -0.1) is 0 Å². The van der Waals surface area contributed by atoms with E-state index in [1.165, 1.54) is 4.90 Å². The molecule has 2 aliphatic rings. The molecular weight excluding hydrogens is 434 g/mol. The van der Waals surface area contributed by atoms with Crippen LogP contribution in [0.3, 0.4) is 0 Å². The fourth-order valence-electron chi connectivity index (χ4n) is 4.28. The molecule has 2 aliphatic heterocycles. The lowest BCUT2D eigenvalue weighted by Crippen LogP contribution is -2.29. The first kappa shape index (κ1) is 21.6. The Morgan fingerprint density at radius 2 is 1.71 bits per heavy atom. The molecule has 5 rings (SSSR count). The number of carbonyl (C=O) groups excluding carboxylic acids is 2. The number of carbonyl (C=O) groups is 2. The number of ketones is 1. The van der Waals surface area contributed by atoms with Gasteiger partial charge in [-0.1, -0.05) is 48.0 Å². The number of ether oxygens (including phenoxy) is 3. The van der Waals surface area contributed by atoms with Crippen LogP contribution in [-0.2, 0) is 16.1 Å². The van der Waals surface area contributed by atoms with Gasteiger partial charge in [0.15, 0.2) is 11.5 Å². The van der Waals surface area contributed by atoms with Crippen molar-refractivity contribution in [2.75, 3.05) is 13.9 Å². The van der Waals surface area contributed by atoms with Crippen molar-refractivity contribution in [3.8, 4) is 17.2 Å². The van der Waals surface area contributed by atoms with E-state index in [-0.39, 0.29) is 24.7 Å². The van der Waals surface area contributed by atoms with Gasteiger partial charge in [0, 0.05) is 12.1 Å². The largest absolute Gasteiger partial charge is 0.507 e. The van der Waals surface area contributed by atoms with Crippen LogP contribution in [0.2, 0.25) is 0 Å². The quantitative estimate of drug-likeness (QED) is 0.348. The molecule has 2 heterocycles. The minimum Gasteiger partial charge on any atom is -0.507 e. The van der Waals surface area contributed by atoms with Crippen LogP contribution in [0.25, 0.3) is 5.76 Å². The summed E-state index contributed by atoms with van der Waals surface area (Å²) < 4.78 is 16.1. The summed E-state index contributed by atoms with van der Waals surface area (Å²) in [5.41, 5.74) is 3.02. The molecule has 1 saturated heterocycles. The van der Waals surface area contributed by atoms with Crippen LogP contribution in [-0.4, -0.2) is 35.6 Å². The fraction of sp³-hybridized carbons (Fsp3) is 0.185. The van der Waals surface area contributed by atoms with E-state index in [1.807, 2.05) is 25.1 Å². The zero-order valence-corrected chi connectivity index (χ0v) is 18.8. The van der Waals surface area contributed by atoms with E-state index in [0.29, 0.717) is 28.4 Å². The average molecular weight is 457 g/mol. The molecular formula is C27H23NO6. The van der Waals surface area contributed by atoms with Gasteiger partial charge in [-0.2, -0.15) is 0 Å². The van der Waals surface area contributed by atoms with E-state index in [2.05, 4.69) is 0 Å². The van der Waals surface area contributed by atoms with Crippen molar-refractivity contribution in [1.82, 2.24) is 4.90 Å². The standard InChI is InChI=1S/C27H23NO6/c1-16-3-6-19(7-4-16)25(29)23-24(18-8-10-20(32-2)11-9-18)28(27(31)26(23)30)14-17-5-12-21-22(13-17)34-15-33-21/h3-13,24,29H,14-15H2,1-2H3/b25-23+. The van der Waals surface area contributed by atoms with Crippen molar-refractivity contribution in [1.29, 1.82) is 0 Å². The zero-order chi connectivity index (χ0) is 23.8. The van der Waals surface area contributed by atoms with Crippen LogP contribution in [0, 0.1) is 6.92 Å². The second kappa shape index (κ2) is 8.59. The van der Waals surface area contributed by atoms with Gasteiger partial charge in [0.2, 0.25) is 6.79 Å². The van der Waals surface area contributed by atoms with E-state index in [0.717, 1.165) is 11.1 Å². The maximum atomic E-state index is 13.2. The lowest BCUT2D eigenvalue weighted by atomic mass is 9.95. The summed E-state index contributed by atoms with van der Waals surface area (Å²) in [5, 5.41) is 11.2. The molecule has 3 aromatic rings. The van der Waals surface area contributed by atoms with Crippen molar-refractivity contribution in [2.45, 2.75) is 19.5 Å². The third kappa shape index (κ3) is 3.75. The van der Waals surface area contributed by atoms with Gasteiger partial charge >= 0.3 is 0 Å². The maximum Gasteiger partial charge on any atom is 0.295 e. The number of methoxy groups -OCH3 is 1. The summed E-state index contributed by atoms with van der Waals surface area (Å²) in [4.78, 5) is 27.9. The molecule has 0 spiro atoms. The number of benzene rings is 3. The van der Waals surface area contributed by atoms with Gasteiger partial charge in [0.25, 0.3) is 11.7 Å². The lowest BCUT2D eigenvalue weighted by Gasteiger charge is -2.25. The number of amides is 1. The normalized spacial score (nSPS) is 18.4. The Kier molecular flexibility index (Phi) is 5.45. The molecule has 3 aromatic carbocycles. The highest BCUT2D eigenvalue weighted by Crippen LogP contribution is 2.41. The van der Waals surface area contributed by atoms with Crippen LogP contribution >= 0.6 is 0 Å². The highest BCUT2D eigenvalue weighted by atomic mass is 16.7. The summed E-state index contributed by atoms with van der Waals surface area (Å²) in [5.74, 6) is 0.278. The molecule has 1 amide bonds. The highest BCUT2D eigenvalue weighted by Gasteiger charge is 2.46. The maximum absolute atomic E-state index is 13.2. The number of Topliss-reactive ketones (excluding diaryl/α,β-unsaturated/α-hetero) is 1. The van der Waals surface area contributed by atoms with Crippen molar-refractivity contribution in [3.63, 3.8) is 0 Å². The molecule has 34 heavy (non-hydrogen) atoms. The van der Waals surface area contributed by atoms with Gasteiger partial charge in [0.1, 0.15) is 11.5 Å². The Morgan fingerprint density at radius 3 is 2.41 bits per heavy atom. The summed E-state index contributed by atoms with van der Waals surface area (Å²) in [6, 6.07) is 18.9. The third-order valence-electron chi connectivity index (χ3n) is 6.09. The monoisotopic (exact) mass is 457 g/mol. The van der Waals surface area contributed by atoms with Crippen molar-refractivity contribution in [2.24, 2.45) is 0 Å². The van der Waals surface area contributed by atoms with Crippen molar-refractivity contribution < 1.29 is 28.9 Å². The number of aliphatic hydroxyl groups is 1. The number of hydrogen-bond donors (Lipinski definition) is 1. The van der Waals surface area contributed by atoms with Crippen LogP contribution in [0.4, 0.5) is 0 Å². The Hall–Kier alpha value is -4.26. The van der Waals surface area contributed by atoms with Crippen LogP contribution < -0.4 is 14.2 Å². The molecule has 0 saturated carbocycles. The number of likely N-dealkylation sites (tertiary alicyclic amines) is 1. The summed E-state index contributed by atoms with van der Waals surface area (Å²) in [6.45, 7) is 2.24. The fourth-order valence-corrected chi connectivity index (χ4v) is 4.28. The number of aliphatic hydroxyl groups excluding tert-OH is 1. The Balaban J connectivity index is 1.60. The Bertz CT molecular complexity index is 1290. The van der Waals surface area contributed by atoms with Crippen molar-refractivity contribution in [3.05, 3.63) is 94.6 Å². The van der Waals surface area contributed by atoms with Crippen LogP contribution in [0.15, 0.2) is 72.3 Å². The molecule has 0 aliphatic carbocycles. The predicted molar refractivity (Wildman–Crippen MR) is 125 cm³/mol. The van der Waals surface area contributed by atoms with Gasteiger partial charge < -0.3 is 24.2 Å². The topological polar surface area (TPSA) is 85.3 Å². The molecule has 7 heteroatoms. The molecule has 1 unspecified atom stereocenters. The highest BCUT2D eigenvalue weighted by molar-refractivity contribution is 6.46. The number of aryl methyl sites for hydroxylation is 1. The smallest absolute Gasteiger partial charge is 0.295 e. The van der Waals surface area contributed by atoms with Gasteiger partial charge in [-0.05, 0) is 42.3 Å². The first-order chi connectivity index (χ1) is 16.5. The van der Waals surface area contributed by atoms with E-state index in [9.17, 15) is 14.7 Å².